The minimum atomic E-state index is -0.294. The third-order valence-electron chi connectivity index (χ3n) is 4.50. The molecule has 1 aromatic heterocycles. The van der Waals surface area contributed by atoms with Gasteiger partial charge in [-0.2, -0.15) is 0 Å². The van der Waals surface area contributed by atoms with Crippen molar-refractivity contribution in [2.24, 2.45) is 0 Å². The molecule has 3 aromatic carbocycles. The molecule has 6 heteroatoms. The molecule has 0 aliphatic rings. The third kappa shape index (κ3) is 4.45. The molecule has 4 rings (SSSR count). The number of benzene rings is 3. The van der Waals surface area contributed by atoms with Crippen molar-refractivity contribution in [3.8, 4) is 28.6 Å². The smallest absolute Gasteiger partial charge is 0.310 e. The zero-order valence-corrected chi connectivity index (χ0v) is 19.5. The number of carbonyl (C=O) groups excluding carboxylic acids is 1. The molecule has 0 aliphatic carbocycles. The Kier molecular flexibility index (Phi) is 5.97. The Balaban J connectivity index is 1.62. The van der Waals surface area contributed by atoms with E-state index in [9.17, 15) is 4.79 Å². The Morgan fingerprint density at radius 3 is 2.43 bits per heavy atom. The molecule has 0 N–H and O–H groups in total. The van der Waals surface area contributed by atoms with Crippen LogP contribution in [0.2, 0.25) is 0 Å². The molecule has 0 aliphatic heterocycles. The summed E-state index contributed by atoms with van der Waals surface area (Å²) in [5.74, 6) is 2.22. The van der Waals surface area contributed by atoms with E-state index in [-0.39, 0.29) is 5.97 Å². The quantitative estimate of drug-likeness (QED) is 0.194. The van der Waals surface area contributed by atoms with Crippen LogP contribution >= 0.6 is 31.9 Å². The SMILES string of the molecule is CCC(=O)Oc1cc(Br)c(Oc2ccc3oc(-c4cccc(C)c4)cc3c2)c(Br)c1. The van der Waals surface area contributed by atoms with Gasteiger partial charge in [-0.3, -0.25) is 4.79 Å². The van der Waals surface area contributed by atoms with Crippen molar-refractivity contribution >= 4 is 48.8 Å². The first-order chi connectivity index (χ1) is 14.4. The molecule has 152 valence electrons. The van der Waals surface area contributed by atoms with E-state index < -0.39 is 0 Å². The highest BCUT2D eigenvalue weighted by atomic mass is 79.9. The Morgan fingerprint density at radius 1 is 0.967 bits per heavy atom. The van der Waals surface area contributed by atoms with Gasteiger partial charge in [-0.1, -0.05) is 30.7 Å². The standard InChI is InChI=1S/C24H18Br2O4/c1-3-23(27)28-18-12-19(25)24(20(26)13-18)29-17-7-8-21-16(10-17)11-22(30-21)15-6-4-5-14(2)9-15/h4-13H,3H2,1-2H3. The average Bonchev–Trinajstić information content (AvgIpc) is 3.14. The van der Waals surface area contributed by atoms with Gasteiger partial charge in [-0.25, -0.2) is 0 Å². The average molecular weight is 530 g/mol. The van der Waals surface area contributed by atoms with Gasteiger partial charge in [0.2, 0.25) is 0 Å². The topological polar surface area (TPSA) is 48.7 Å². The monoisotopic (exact) mass is 528 g/mol. The van der Waals surface area contributed by atoms with E-state index in [1.807, 2.05) is 36.4 Å². The van der Waals surface area contributed by atoms with Gasteiger partial charge in [-0.15, -0.1) is 0 Å². The van der Waals surface area contributed by atoms with Crippen LogP contribution in [-0.2, 0) is 4.79 Å². The second-order valence-corrected chi connectivity index (χ2v) is 8.53. The number of halogens is 2. The van der Waals surface area contributed by atoms with E-state index >= 15 is 0 Å². The molecule has 0 unspecified atom stereocenters. The van der Waals surface area contributed by atoms with Crippen molar-refractivity contribution in [3.05, 3.63) is 75.2 Å². The summed E-state index contributed by atoms with van der Waals surface area (Å²) in [5, 5.41) is 0.949. The lowest BCUT2D eigenvalue weighted by atomic mass is 10.1. The first-order valence-corrected chi connectivity index (χ1v) is 11.0. The number of fused-ring (bicyclic) bond motifs is 1. The van der Waals surface area contributed by atoms with Crippen LogP contribution in [0.5, 0.6) is 17.2 Å². The number of furan rings is 1. The number of aryl methyl sites for hydroxylation is 1. The van der Waals surface area contributed by atoms with Crippen LogP contribution in [0.15, 0.2) is 74.0 Å². The fraction of sp³-hybridized carbons (Fsp3) is 0.125. The van der Waals surface area contributed by atoms with Crippen molar-refractivity contribution in [2.45, 2.75) is 20.3 Å². The number of carbonyl (C=O) groups is 1. The van der Waals surface area contributed by atoms with Gasteiger partial charge in [-0.05, 0) is 81.2 Å². The predicted molar refractivity (Wildman–Crippen MR) is 124 cm³/mol. The summed E-state index contributed by atoms with van der Waals surface area (Å²) >= 11 is 6.99. The number of rotatable bonds is 5. The molecule has 0 saturated carbocycles. The van der Waals surface area contributed by atoms with Gasteiger partial charge in [0.15, 0.2) is 5.75 Å². The van der Waals surface area contributed by atoms with E-state index in [0.717, 1.165) is 22.3 Å². The maximum atomic E-state index is 11.5. The van der Waals surface area contributed by atoms with Crippen molar-refractivity contribution in [1.29, 1.82) is 0 Å². The van der Waals surface area contributed by atoms with Gasteiger partial charge < -0.3 is 13.9 Å². The van der Waals surface area contributed by atoms with Crippen LogP contribution in [0.3, 0.4) is 0 Å². The Bertz CT molecular complexity index is 1220. The van der Waals surface area contributed by atoms with Crippen LogP contribution < -0.4 is 9.47 Å². The summed E-state index contributed by atoms with van der Waals surface area (Å²) in [6.07, 6.45) is 0.308. The third-order valence-corrected chi connectivity index (χ3v) is 5.68. The summed E-state index contributed by atoms with van der Waals surface area (Å²) in [6.45, 7) is 3.81. The Labute approximate surface area is 191 Å². The Hall–Kier alpha value is -2.57. The van der Waals surface area contributed by atoms with Gasteiger partial charge >= 0.3 is 5.97 Å². The minimum Gasteiger partial charge on any atom is -0.456 e. The molecular formula is C24H18Br2O4. The summed E-state index contributed by atoms with van der Waals surface area (Å²) in [4.78, 5) is 11.5. The van der Waals surface area contributed by atoms with Crippen LogP contribution in [-0.4, -0.2) is 5.97 Å². The van der Waals surface area contributed by atoms with Gasteiger partial charge in [0.25, 0.3) is 0 Å². The molecule has 30 heavy (non-hydrogen) atoms. The molecule has 0 bridgehead atoms. The normalized spacial score (nSPS) is 10.9. The lowest BCUT2D eigenvalue weighted by molar-refractivity contribution is -0.134. The predicted octanol–water partition coefficient (Wildman–Crippen LogP) is 8.04. The van der Waals surface area contributed by atoms with Crippen LogP contribution in [0.1, 0.15) is 18.9 Å². The van der Waals surface area contributed by atoms with Crippen LogP contribution in [0, 0.1) is 6.92 Å². The fourth-order valence-electron chi connectivity index (χ4n) is 3.04. The lowest BCUT2D eigenvalue weighted by Crippen LogP contribution is -2.05. The highest BCUT2D eigenvalue weighted by Crippen LogP contribution is 2.41. The van der Waals surface area contributed by atoms with E-state index in [1.54, 1.807) is 19.1 Å². The minimum absolute atomic E-state index is 0.294. The van der Waals surface area contributed by atoms with E-state index in [2.05, 4.69) is 50.9 Å². The highest BCUT2D eigenvalue weighted by Gasteiger charge is 2.14. The molecule has 0 atom stereocenters. The summed E-state index contributed by atoms with van der Waals surface area (Å²) in [6, 6.07) is 19.3. The van der Waals surface area contributed by atoms with Crippen molar-refractivity contribution < 1.29 is 18.7 Å². The van der Waals surface area contributed by atoms with E-state index in [4.69, 9.17) is 13.9 Å². The lowest BCUT2D eigenvalue weighted by Gasteiger charge is -2.12. The van der Waals surface area contributed by atoms with E-state index in [1.165, 1.54) is 5.56 Å². The van der Waals surface area contributed by atoms with Crippen molar-refractivity contribution in [3.63, 3.8) is 0 Å². The second-order valence-electron chi connectivity index (χ2n) is 6.83. The molecule has 4 aromatic rings. The van der Waals surface area contributed by atoms with Crippen molar-refractivity contribution in [1.82, 2.24) is 0 Å². The first kappa shape index (κ1) is 20.7. The van der Waals surface area contributed by atoms with Crippen LogP contribution in [0.25, 0.3) is 22.3 Å². The maximum absolute atomic E-state index is 11.5. The number of ether oxygens (including phenoxy) is 2. The molecule has 0 saturated heterocycles. The van der Waals surface area contributed by atoms with Crippen molar-refractivity contribution in [2.75, 3.05) is 0 Å². The molecule has 0 fully saturated rings. The molecule has 1 heterocycles. The summed E-state index contributed by atoms with van der Waals surface area (Å²) in [5.41, 5.74) is 3.01. The molecular weight excluding hydrogens is 512 g/mol. The van der Waals surface area contributed by atoms with Gasteiger partial charge in [0.1, 0.15) is 22.8 Å². The summed E-state index contributed by atoms with van der Waals surface area (Å²) < 4.78 is 18.7. The number of hydrogen-bond acceptors (Lipinski definition) is 4. The zero-order chi connectivity index (χ0) is 21.3. The summed E-state index contributed by atoms with van der Waals surface area (Å²) in [7, 11) is 0. The molecule has 4 nitrogen and oxygen atoms in total. The number of hydrogen-bond donors (Lipinski definition) is 0. The highest BCUT2D eigenvalue weighted by molar-refractivity contribution is 9.11. The fourth-order valence-corrected chi connectivity index (χ4v) is 4.35. The van der Waals surface area contributed by atoms with E-state index in [0.29, 0.717) is 32.6 Å². The zero-order valence-electron chi connectivity index (χ0n) is 16.4. The first-order valence-electron chi connectivity index (χ1n) is 9.41. The largest absolute Gasteiger partial charge is 0.456 e. The van der Waals surface area contributed by atoms with Gasteiger partial charge in [0.05, 0.1) is 8.95 Å². The number of esters is 1. The van der Waals surface area contributed by atoms with Gasteiger partial charge in [0, 0.05) is 17.4 Å². The Morgan fingerprint density at radius 2 is 1.73 bits per heavy atom. The molecule has 0 spiro atoms. The van der Waals surface area contributed by atoms with Crippen LogP contribution in [0.4, 0.5) is 0 Å². The molecule has 0 radical (unpaired) electrons. The molecule has 0 amide bonds. The maximum Gasteiger partial charge on any atom is 0.310 e. The second kappa shape index (κ2) is 8.66.